The van der Waals surface area contributed by atoms with Crippen molar-refractivity contribution in [2.45, 2.75) is 18.9 Å². The summed E-state index contributed by atoms with van der Waals surface area (Å²) in [6, 6.07) is 7.99. The van der Waals surface area contributed by atoms with Crippen LogP contribution in [0.25, 0.3) is 6.08 Å². The van der Waals surface area contributed by atoms with Crippen LogP contribution in [0.2, 0.25) is 0 Å². The van der Waals surface area contributed by atoms with Crippen LogP contribution in [-0.4, -0.2) is 19.1 Å². The highest BCUT2D eigenvalue weighted by Gasteiger charge is 2.21. The van der Waals surface area contributed by atoms with E-state index in [-0.39, 0.29) is 5.91 Å². The van der Waals surface area contributed by atoms with Gasteiger partial charge in [0.05, 0.1) is 7.11 Å². The number of carbonyl (C=O) groups is 1. The zero-order chi connectivity index (χ0) is 11.4. The van der Waals surface area contributed by atoms with Gasteiger partial charge in [-0.1, -0.05) is 12.1 Å². The molecule has 0 atom stereocenters. The van der Waals surface area contributed by atoms with Crippen molar-refractivity contribution in [2.24, 2.45) is 0 Å². The normalized spacial score (nSPS) is 15.1. The summed E-state index contributed by atoms with van der Waals surface area (Å²) >= 11 is 0. The van der Waals surface area contributed by atoms with Crippen LogP contribution in [0.1, 0.15) is 18.4 Å². The van der Waals surface area contributed by atoms with E-state index in [4.69, 9.17) is 4.74 Å². The van der Waals surface area contributed by atoms with Crippen molar-refractivity contribution in [1.82, 2.24) is 5.32 Å². The van der Waals surface area contributed by atoms with Gasteiger partial charge in [-0.15, -0.1) is 0 Å². The minimum absolute atomic E-state index is 0.0154. The van der Waals surface area contributed by atoms with E-state index in [1.54, 1.807) is 19.3 Å². The van der Waals surface area contributed by atoms with Gasteiger partial charge in [0.25, 0.3) is 0 Å². The maximum Gasteiger partial charge on any atom is 0.244 e. The monoisotopic (exact) mass is 217 g/mol. The third-order valence-corrected chi connectivity index (χ3v) is 2.47. The molecule has 0 bridgehead atoms. The highest BCUT2D eigenvalue weighted by atomic mass is 16.5. The Kier molecular flexibility index (Phi) is 3.25. The van der Waals surface area contributed by atoms with Crippen molar-refractivity contribution in [1.29, 1.82) is 0 Å². The van der Waals surface area contributed by atoms with Gasteiger partial charge in [-0.3, -0.25) is 4.79 Å². The molecular weight excluding hydrogens is 202 g/mol. The highest BCUT2D eigenvalue weighted by molar-refractivity contribution is 5.92. The lowest BCUT2D eigenvalue weighted by molar-refractivity contribution is -0.116. The molecule has 1 saturated carbocycles. The summed E-state index contributed by atoms with van der Waals surface area (Å²) in [6.45, 7) is 0. The molecule has 84 valence electrons. The zero-order valence-electron chi connectivity index (χ0n) is 9.27. The van der Waals surface area contributed by atoms with E-state index < -0.39 is 0 Å². The van der Waals surface area contributed by atoms with E-state index in [1.165, 1.54) is 0 Å². The predicted molar refractivity (Wildman–Crippen MR) is 63.2 cm³/mol. The second kappa shape index (κ2) is 4.84. The maximum atomic E-state index is 11.4. The summed E-state index contributed by atoms with van der Waals surface area (Å²) in [5.74, 6) is 0.804. The van der Waals surface area contributed by atoms with Crippen molar-refractivity contribution in [3.8, 4) is 5.75 Å². The molecular formula is C13H15NO2. The number of ether oxygens (including phenoxy) is 1. The lowest BCUT2D eigenvalue weighted by Crippen LogP contribution is -2.22. The van der Waals surface area contributed by atoms with Crippen molar-refractivity contribution in [3.63, 3.8) is 0 Å². The summed E-state index contributed by atoms with van der Waals surface area (Å²) in [5, 5.41) is 2.90. The van der Waals surface area contributed by atoms with Crippen LogP contribution < -0.4 is 10.1 Å². The first-order chi connectivity index (χ1) is 7.78. The Morgan fingerprint density at radius 2 is 2.06 bits per heavy atom. The van der Waals surface area contributed by atoms with E-state index in [1.807, 2.05) is 24.3 Å². The van der Waals surface area contributed by atoms with E-state index in [9.17, 15) is 4.79 Å². The standard InChI is InChI=1S/C13H15NO2/c1-16-12-7-2-10(3-8-12)4-9-13(15)14-11-5-6-11/h2-4,7-9,11H,5-6H2,1H3,(H,14,15). The Labute approximate surface area is 95.1 Å². The number of hydrogen-bond donors (Lipinski definition) is 1. The molecule has 3 heteroatoms. The maximum absolute atomic E-state index is 11.4. The topological polar surface area (TPSA) is 38.3 Å². The Balaban J connectivity index is 1.91. The van der Waals surface area contributed by atoms with Gasteiger partial charge in [0, 0.05) is 12.1 Å². The summed E-state index contributed by atoms with van der Waals surface area (Å²) in [4.78, 5) is 11.4. The molecule has 0 unspecified atom stereocenters. The molecule has 1 N–H and O–H groups in total. The van der Waals surface area contributed by atoms with Crippen LogP contribution in [0.4, 0.5) is 0 Å². The first kappa shape index (κ1) is 10.7. The molecule has 1 aromatic rings. The summed E-state index contributed by atoms with van der Waals surface area (Å²) in [6.07, 6.45) is 5.60. The van der Waals surface area contributed by atoms with Crippen molar-refractivity contribution >= 4 is 12.0 Å². The first-order valence-corrected chi connectivity index (χ1v) is 5.40. The van der Waals surface area contributed by atoms with E-state index in [2.05, 4.69) is 5.32 Å². The van der Waals surface area contributed by atoms with Gasteiger partial charge in [-0.2, -0.15) is 0 Å². The number of amides is 1. The molecule has 0 radical (unpaired) electrons. The molecule has 0 heterocycles. The fourth-order valence-corrected chi connectivity index (χ4v) is 1.36. The molecule has 3 nitrogen and oxygen atoms in total. The summed E-state index contributed by atoms with van der Waals surface area (Å²) in [7, 11) is 1.63. The molecule has 1 aromatic carbocycles. The summed E-state index contributed by atoms with van der Waals surface area (Å²) < 4.78 is 5.05. The fourth-order valence-electron chi connectivity index (χ4n) is 1.36. The first-order valence-electron chi connectivity index (χ1n) is 5.40. The number of methoxy groups -OCH3 is 1. The lowest BCUT2D eigenvalue weighted by Gasteiger charge is -1.99. The largest absolute Gasteiger partial charge is 0.497 e. The molecule has 1 aliphatic rings. The molecule has 1 aliphatic carbocycles. The van der Waals surface area contributed by atoms with E-state index >= 15 is 0 Å². The SMILES string of the molecule is COc1ccc(C=CC(=O)NC2CC2)cc1. The van der Waals surface area contributed by atoms with Crippen LogP contribution in [0.3, 0.4) is 0 Å². The molecule has 0 saturated heterocycles. The molecule has 0 spiro atoms. The van der Waals surface area contributed by atoms with Gasteiger partial charge < -0.3 is 10.1 Å². The molecule has 2 rings (SSSR count). The molecule has 16 heavy (non-hydrogen) atoms. The predicted octanol–water partition coefficient (Wildman–Crippen LogP) is 1.99. The summed E-state index contributed by atoms with van der Waals surface area (Å²) in [5.41, 5.74) is 0.992. The van der Waals surface area contributed by atoms with Gasteiger partial charge in [-0.25, -0.2) is 0 Å². The Morgan fingerprint density at radius 3 is 2.62 bits per heavy atom. The zero-order valence-corrected chi connectivity index (χ0v) is 9.27. The number of nitrogens with one attached hydrogen (secondary N) is 1. The third kappa shape index (κ3) is 3.12. The van der Waals surface area contributed by atoms with Crippen molar-refractivity contribution in [2.75, 3.05) is 7.11 Å². The Hall–Kier alpha value is -1.77. The van der Waals surface area contributed by atoms with Crippen LogP contribution in [0.5, 0.6) is 5.75 Å². The number of benzene rings is 1. The van der Waals surface area contributed by atoms with Gasteiger partial charge in [0.1, 0.15) is 5.75 Å². The minimum Gasteiger partial charge on any atom is -0.497 e. The second-order valence-corrected chi connectivity index (χ2v) is 3.89. The van der Waals surface area contributed by atoms with Gasteiger partial charge in [0.15, 0.2) is 0 Å². The fraction of sp³-hybridized carbons (Fsp3) is 0.308. The number of carbonyl (C=O) groups excluding carboxylic acids is 1. The third-order valence-electron chi connectivity index (χ3n) is 2.47. The molecule has 0 aliphatic heterocycles. The lowest BCUT2D eigenvalue weighted by atomic mass is 10.2. The van der Waals surface area contributed by atoms with Crippen LogP contribution in [0, 0.1) is 0 Å². The van der Waals surface area contributed by atoms with Gasteiger partial charge >= 0.3 is 0 Å². The van der Waals surface area contributed by atoms with Gasteiger partial charge in [-0.05, 0) is 36.6 Å². The molecule has 1 fully saturated rings. The number of rotatable bonds is 4. The molecule has 1 amide bonds. The van der Waals surface area contributed by atoms with Crippen LogP contribution in [0.15, 0.2) is 30.3 Å². The van der Waals surface area contributed by atoms with E-state index in [0.29, 0.717) is 6.04 Å². The van der Waals surface area contributed by atoms with Gasteiger partial charge in [0.2, 0.25) is 5.91 Å². The quantitative estimate of drug-likeness (QED) is 0.783. The average molecular weight is 217 g/mol. The van der Waals surface area contributed by atoms with E-state index in [0.717, 1.165) is 24.2 Å². The second-order valence-electron chi connectivity index (χ2n) is 3.89. The Bertz CT molecular complexity index is 391. The van der Waals surface area contributed by atoms with Crippen LogP contribution >= 0.6 is 0 Å². The van der Waals surface area contributed by atoms with Crippen molar-refractivity contribution < 1.29 is 9.53 Å². The average Bonchev–Trinajstić information content (AvgIpc) is 3.11. The minimum atomic E-state index is -0.0154. The van der Waals surface area contributed by atoms with Crippen LogP contribution in [-0.2, 0) is 4.79 Å². The molecule has 0 aromatic heterocycles. The van der Waals surface area contributed by atoms with Crippen molar-refractivity contribution in [3.05, 3.63) is 35.9 Å². The number of hydrogen-bond acceptors (Lipinski definition) is 2. The highest BCUT2D eigenvalue weighted by Crippen LogP contribution is 2.18. The Morgan fingerprint density at radius 1 is 1.38 bits per heavy atom. The smallest absolute Gasteiger partial charge is 0.244 e.